The summed E-state index contributed by atoms with van der Waals surface area (Å²) >= 11 is 0. The molecule has 0 spiro atoms. The van der Waals surface area contributed by atoms with Crippen LogP contribution in [-0.2, 0) is 9.47 Å². The van der Waals surface area contributed by atoms with Crippen LogP contribution in [0.25, 0.3) is 0 Å². The van der Waals surface area contributed by atoms with Gasteiger partial charge in [0.05, 0.1) is 13.2 Å². The van der Waals surface area contributed by atoms with Gasteiger partial charge >= 0.3 is 0 Å². The number of hydrogen-bond donors (Lipinski definition) is 1. The van der Waals surface area contributed by atoms with Crippen molar-refractivity contribution in [3.05, 3.63) is 0 Å². The normalized spacial score (nSPS) is 32.5. The van der Waals surface area contributed by atoms with Crippen molar-refractivity contribution in [2.75, 3.05) is 26.3 Å². The molecule has 2 heterocycles. The zero-order valence-electron chi connectivity index (χ0n) is 7.42. The van der Waals surface area contributed by atoms with E-state index in [0.717, 1.165) is 32.1 Å². The van der Waals surface area contributed by atoms with Gasteiger partial charge in [0.1, 0.15) is 0 Å². The zero-order chi connectivity index (χ0) is 8.23. The number of hydrogen-bond acceptors (Lipinski definition) is 3. The third kappa shape index (κ3) is 2.19. The molecule has 0 saturated carbocycles. The van der Waals surface area contributed by atoms with Crippen molar-refractivity contribution in [1.82, 2.24) is 5.32 Å². The Labute approximate surface area is 73.4 Å². The Kier molecular flexibility index (Phi) is 2.98. The second-order valence-electron chi connectivity index (χ2n) is 3.62. The first-order valence-corrected chi connectivity index (χ1v) is 4.89. The van der Waals surface area contributed by atoms with Gasteiger partial charge in [0.25, 0.3) is 0 Å². The maximum Gasteiger partial charge on any atom is 0.158 e. The Morgan fingerprint density at radius 1 is 1.25 bits per heavy atom. The summed E-state index contributed by atoms with van der Waals surface area (Å²) in [6.45, 7) is 3.89. The van der Waals surface area contributed by atoms with Gasteiger partial charge in [-0.25, -0.2) is 0 Å². The summed E-state index contributed by atoms with van der Waals surface area (Å²) in [6.07, 6.45) is 3.80. The van der Waals surface area contributed by atoms with Crippen LogP contribution < -0.4 is 5.32 Å². The van der Waals surface area contributed by atoms with E-state index in [9.17, 15) is 0 Å². The molecule has 3 nitrogen and oxygen atoms in total. The molecule has 2 fully saturated rings. The number of piperidine rings is 1. The van der Waals surface area contributed by atoms with E-state index in [1.807, 2.05) is 0 Å². The van der Waals surface area contributed by atoms with Crippen LogP contribution in [0, 0.1) is 5.92 Å². The quantitative estimate of drug-likeness (QED) is 0.665. The van der Waals surface area contributed by atoms with E-state index in [-0.39, 0.29) is 6.29 Å². The molecule has 0 radical (unpaired) electrons. The van der Waals surface area contributed by atoms with Crippen molar-refractivity contribution < 1.29 is 9.47 Å². The third-order valence-corrected chi connectivity index (χ3v) is 2.62. The first-order valence-electron chi connectivity index (χ1n) is 4.89. The predicted molar refractivity (Wildman–Crippen MR) is 45.9 cm³/mol. The van der Waals surface area contributed by atoms with Crippen LogP contribution in [0.15, 0.2) is 0 Å². The largest absolute Gasteiger partial charge is 0.350 e. The van der Waals surface area contributed by atoms with Crippen LogP contribution in [0.2, 0.25) is 0 Å². The molecule has 2 aliphatic heterocycles. The van der Waals surface area contributed by atoms with Gasteiger partial charge in [0.15, 0.2) is 6.29 Å². The van der Waals surface area contributed by atoms with Crippen molar-refractivity contribution in [2.45, 2.75) is 25.6 Å². The fourth-order valence-corrected chi connectivity index (χ4v) is 1.94. The molecule has 1 unspecified atom stereocenters. The molecule has 3 heteroatoms. The van der Waals surface area contributed by atoms with Crippen LogP contribution in [0.5, 0.6) is 0 Å². The van der Waals surface area contributed by atoms with Crippen molar-refractivity contribution in [3.63, 3.8) is 0 Å². The molecular formula is C9H17NO2. The summed E-state index contributed by atoms with van der Waals surface area (Å²) in [5.41, 5.74) is 0. The minimum atomic E-state index is 0.0925. The van der Waals surface area contributed by atoms with E-state index < -0.39 is 0 Å². The highest BCUT2D eigenvalue weighted by Gasteiger charge is 2.22. The second kappa shape index (κ2) is 4.21. The summed E-state index contributed by atoms with van der Waals surface area (Å²) in [5, 5.41) is 3.40. The highest BCUT2D eigenvalue weighted by Crippen LogP contribution is 2.20. The van der Waals surface area contributed by atoms with Gasteiger partial charge in [-0.3, -0.25) is 0 Å². The molecule has 0 amide bonds. The lowest BCUT2D eigenvalue weighted by molar-refractivity contribution is -0.0585. The van der Waals surface area contributed by atoms with Gasteiger partial charge in [0, 0.05) is 6.42 Å². The number of nitrogens with one attached hydrogen (secondary N) is 1. The van der Waals surface area contributed by atoms with E-state index in [4.69, 9.17) is 9.47 Å². The summed E-state index contributed by atoms with van der Waals surface area (Å²) in [6, 6.07) is 0. The minimum Gasteiger partial charge on any atom is -0.350 e. The van der Waals surface area contributed by atoms with Crippen LogP contribution in [-0.4, -0.2) is 32.6 Å². The Hall–Kier alpha value is -0.120. The van der Waals surface area contributed by atoms with E-state index in [2.05, 4.69) is 5.32 Å². The highest BCUT2D eigenvalue weighted by atomic mass is 16.7. The Balaban J connectivity index is 1.69. The van der Waals surface area contributed by atoms with Crippen molar-refractivity contribution in [3.8, 4) is 0 Å². The molecule has 0 bridgehead atoms. The smallest absolute Gasteiger partial charge is 0.158 e. The van der Waals surface area contributed by atoms with E-state index in [0.29, 0.717) is 0 Å². The number of ether oxygens (including phenoxy) is 2. The molecule has 12 heavy (non-hydrogen) atoms. The van der Waals surface area contributed by atoms with Crippen molar-refractivity contribution in [1.29, 1.82) is 0 Å². The Bertz CT molecular complexity index is 128. The fraction of sp³-hybridized carbons (Fsp3) is 1.00. The van der Waals surface area contributed by atoms with Crippen LogP contribution in [0.1, 0.15) is 19.3 Å². The Morgan fingerprint density at radius 2 is 2.08 bits per heavy atom. The molecule has 2 saturated heterocycles. The molecule has 0 aromatic rings. The standard InChI is InChI=1S/C9H17NO2/c1-2-8(7-10-3-1)6-9-11-4-5-12-9/h8-10H,1-7H2. The zero-order valence-corrected chi connectivity index (χ0v) is 7.42. The van der Waals surface area contributed by atoms with E-state index in [1.54, 1.807) is 0 Å². The van der Waals surface area contributed by atoms with Gasteiger partial charge < -0.3 is 14.8 Å². The van der Waals surface area contributed by atoms with Crippen LogP contribution in [0.4, 0.5) is 0 Å². The maximum atomic E-state index is 5.41. The van der Waals surface area contributed by atoms with E-state index in [1.165, 1.54) is 19.4 Å². The summed E-state index contributed by atoms with van der Waals surface area (Å²) in [4.78, 5) is 0. The van der Waals surface area contributed by atoms with Crippen LogP contribution in [0.3, 0.4) is 0 Å². The van der Waals surface area contributed by atoms with Gasteiger partial charge in [-0.15, -0.1) is 0 Å². The minimum absolute atomic E-state index is 0.0925. The molecule has 70 valence electrons. The van der Waals surface area contributed by atoms with Crippen LogP contribution >= 0.6 is 0 Å². The molecule has 2 rings (SSSR count). The van der Waals surface area contributed by atoms with Crippen molar-refractivity contribution >= 4 is 0 Å². The van der Waals surface area contributed by atoms with Crippen molar-refractivity contribution in [2.24, 2.45) is 5.92 Å². The maximum absolute atomic E-state index is 5.41. The molecule has 1 N–H and O–H groups in total. The van der Waals surface area contributed by atoms with Gasteiger partial charge in [-0.1, -0.05) is 0 Å². The lowest BCUT2D eigenvalue weighted by Gasteiger charge is -2.24. The Morgan fingerprint density at radius 3 is 2.75 bits per heavy atom. The molecule has 0 aromatic carbocycles. The molecule has 0 aliphatic carbocycles. The molecule has 2 aliphatic rings. The average molecular weight is 171 g/mol. The van der Waals surface area contributed by atoms with Gasteiger partial charge in [-0.2, -0.15) is 0 Å². The number of rotatable bonds is 2. The predicted octanol–water partition coefficient (Wildman–Crippen LogP) is 0.749. The second-order valence-corrected chi connectivity index (χ2v) is 3.62. The molecule has 0 aromatic heterocycles. The summed E-state index contributed by atoms with van der Waals surface area (Å²) in [7, 11) is 0. The van der Waals surface area contributed by atoms with E-state index >= 15 is 0 Å². The van der Waals surface area contributed by atoms with Gasteiger partial charge in [0.2, 0.25) is 0 Å². The lowest BCUT2D eigenvalue weighted by atomic mass is 9.96. The summed E-state index contributed by atoms with van der Waals surface area (Å²) in [5.74, 6) is 0.766. The molecule has 1 atom stereocenters. The highest BCUT2D eigenvalue weighted by molar-refractivity contribution is 4.71. The van der Waals surface area contributed by atoms with Gasteiger partial charge in [-0.05, 0) is 31.8 Å². The fourth-order valence-electron chi connectivity index (χ4n) is 1.94. The first kappa shape index (κ1) is 8.48. The molecular weight excluding hydrogens is 154 g/mol. The first-order chi connectivity index (χ1) is 5.95. The summed E-state index contributed by atoms with van der Waals surface area (Å²) < 4.78 is 10.8. The SMILES string of the molecule is C1CNCC(CC2OCCO2)C1. The monoisotopic (exact) mass is 171 g/mol. The topological polar surface area (TPSA) is 30.5 Å². The lowest BCUT2D eigenvalue weighted by Crippen LogP contribution is -2.32. The average Bonchev–Trinajstić information content (AvgIpc) is 2.59. The third-order valence-electron chi connectivity index (χ3n) is 2.62.